The number of benzene rings is 1. The molecule has 106 valence electrons. The van der Waals surface area contributed by atoms with Crippen LogP contribution in [0.5, 0.6) is 11.5 Å². The summed E-state index contributed by atoms with van der Waals surface area (Å²) in [5, 5.41) is 8.19. The summed E-state index contributed by atoms with van der Waals surface area (Å²) in [7, 11) is 3.21. The number of nitrogens with two attached hydrogens (primary N) is 1. The van der Waals surface area contributed by atoms with Gasteiger partial charge >= 0.3 is 0 Å². The lowest BCUT2D eigenvalue weighted by atomic mass is 10.1. The minimum atomic E-state index is 0.320. The van der Waals surface area contributed by atoms with Crippen molar-refractivity contribution in [3.63, 3.8) is 0 Å². The number of allylic oxidation sites excluding steroid dienone is 1. The van der Waals surface area contributed by atoms with Crippen molar-refractivity contribution in [3.05, 3.63) is 36.5 Å². The Balaban J connectivity index is 2.55. The molecule has 0 amide bonds. The molecule has 20 heavy (non-hydrogen) atoms. The van der Waals surface area contributed by atoms with Gasteiger partial charge in [0.1, 0.15) is 5.69 Å². The zero-order valence-electron chi connectivity index (χ0n) is 11.7. The highest BCUT2D eigenvalue weighted by atomic mass is 16.5. The molecule has 1 heterocycles. The molecule has 0 saturated carbocycles. The van der Waals surface area contributed by atoms with Crippen molar-refractivity contribution in [1.29, 1.82) is 0 Å². The Morgan fingerprint density at radius 2 is 2.05 bits per heavy atom. The smallest absolute Gasteiger partial charge is 0.161 e. The first-order valence-corrected chi connectivity index (χ1v) is 6.20. The van der Waals surface area contributed by atoms with Gasteiger partial charge in [0, 0.05) is 12.1 Å². The van der Waals surface area contributed by atoms with Crippen LogP contribution in [0.1, 0.15) is 5.69 Å². The first kappa shape index (κ1) is 14.1. The molecule has 1 aromatic heterocycles. The van der Waals surface area contributed by atoms with Gasteiger partial charge < -0.3 is 15.2 Å². The van der Waals surface area contributed by atoms with Gasteiger partial charge in [0.15, 0.2) is 11.5 Å². The molecule has 0 spiro atoms. The maximum atomic E-state index is 5.73. The fourth-order valence-corrected chi connectivity index (χ4v) is 2.04. The van der Waals surface area contributed by atoms with Gasteiger partial charge in [-0.1, -0.05) is 11.3 Å². The van der Waals surface area contributed by atoms with Gasteiger partial charge in [-0.15, -0.1) is 11.7 Å². The maximum absolute atomic E-state index is 5.73. The summed E-state index contributed by atoms with van der Waals surface area (Å²) in [5.74, 6) is 1.33. The van der Waals surface area contributed by atoms with Crippen molar-refractivity contribution >= 4 is 0 Å². The maximum Gasteiger partial charge on any atom is 0.161 e. The Morgan fingerprint density at radius 1 is 1.30 bits per heavy atom. The highest BCUT2D eigenvalue weighted by molar-refractivity contribution is 5.66. The van der Waals surface area contributed by atoms with Crippen LogP contribution in [0, 0.1) is 0 Å². The molecule has 1 aromatic carbocycles. The third-order valence-corrected chi connectivity index (χ3v) is 2.96. The average Bonchev–Trinajstić information content (AvgIpc) is 2.89. The van der Waals surface area contributed by atoms with E-state index in [2.05, 4.69) is 16.9 Å². The quantitative estimate of drug-likeness (QED) is 0.810. The fraction of sp³-hybridized carbons (Fsp3) is 0.286. The molecule has 0 unspecified atom stereocenters. The second kappa shape index (κ2) is 6.21. The summed E-state index contributed by atoms with van der Waals surface area (Å²) >= 11 is 0. The van der Waals surface area contributed by atoms with Gasteiger partial charge in [-0.05, 0) is 18.2 Å². The van der Waals surface area contributed by atoms with E-state index in [1.807, 2.05) is 18.2 Å². The Labute approximate surface area is 117 Å². The van der Waals surface area contributed by atoms with E-state index in [1.54, 1.807) is 25.0 Å². The normalized spacial score (nSPS) is 10.3. The van der Waals surface area contributed by atoms with E-state index in [0.29, 0.717) is 24.6 Å². The Morgan fingerprint density at radius 3 is 2.65 bits per heavy atom. The molecule has 0 saturated heterocycles. The minimum absolute atomic E-state index is 0.320. The van der Waals surface area contributed by atoms with E-state index in [-0.39, 0.29) is 0 Å². The van der Waals surface area contributed by atoms with Crippen molar-refractivity contribution in [2.45, 2.75) is 13.1 Å². The Kier molecular flexibility index (Phi) is 4.37. The van der Waals surface area contributed by atoms with Gasteiger partial charge in [0.2, 0.25) is 0 Å². The zero-order valence-corrected chi connectivity index (χ0v) is 11.7. The molecule has 0 bridgehead atoms. The average molecular weight is 274 g/mol. The van der Waals surface area contributed by atoms with Gasteiger partial charge in [-0.25, -0.2) is 4.68 Å². The van der Waals surface area contributed by atoms with Crippen molar-refractivity contribution in [2.75, 3.05) is 14.2 Å². The topological polar surface area (TPSA) is 75.2 Å². The molecule has 0 aliphatic carbocycles. The predicted molar refractivity (Wildman–Crippen MR) is 76.7 cm³/mol. The summed E-state index contributed by atoms with van der Waals surface area (Å²) in [4.78, 5) is 0. The van der Waals surface area contributed by atoms with Crippen molar-refractivity contribution in [2.24, 2.45) is 5.73 Å². The highest BCUT2D eigenvalue weighted by Crippen LogP contribution is 2.33. The molecule has 2 aromatic rings. The molecule has 0 atom stereocenters. The van der Waals surface area contributed by atoms with Crippen LogP contribution in [0.4, 0.5) is 0 Å². The van der Waals surface area contributed by atoms with Gasteiger partial charge in [0.05, 0.1) is 26.5 Å². The van der Waals surface area contributed by atoms with Gasteiger partial charge in [-0.2, -0.15) is 0 Å². The van der Waals surface area contributed by atoms with Crippen LogP contribution in [0.25, 0.3) is 11.3 Å². The molecule has 6 nitrogen and oxygen atoms in total. The van der Waals surface area contributed by atoms with E-state index in [4.69, 9.17) is 15.2 Å². The van der Waals surface area contributed by atoms with E-state index < -0.39 is 0 Å². The first-order valence-electron chi connectivity index (χ1n) is 6.20. The van der Waals surface area contributed by atoms with Gasteiger partial charge in [0.25, 0.3) is 0 Å². The molecule has 0 fully saturated rings. The standard InChI is InChI=1S/C14H18N4O2/c1-4-7-18-14(11(9-15)16-17-18)10-5-6-12(19-2)13(8-10)20-3/h4-6,8H,1,7,9,15H2,2-3H3. The first-order chi connectivity index (χ1) is 9.74. The lowest BCUT2D eigenvalue weighted by molar-refractivity contribution is 0.355. The van der Waals surface area contributed by atoms with Gasteiger partial charge in [-0.3, -0.25) is 0 Å². The van der Waals surface area contributed by atoms with Crippen molar-refractivity contribution < 1.29 is 9.47 Å². The largest absolute Gasteiger partial charge is 0.493 e. The number of rotatable bonds is 6. The van der Waals surface area contributed by atoms with Crippen LogP contribution in [0.2, 0.25) is 0 Å². The lowest BCUT2D eigenvalue weighted by Gasteiger charge is -2.11. The third kappa shape index (κ3) is 2.50. The number of methoxy groups -OCH3 is 2. The summed E-state index contributed by atoms with van der Waals surface area (Å²) < 4.78 is 12.3. The number of nitrogens with zero attached hydrogens (tertiary/aromatic N) is 3. The molecule has 6 heteroatoms. The Hall–Kier alpha value is -2.34. The summed E-state index contributed by atoms with van der Waals surface area (Å²) in [6, 6.07) is 5.66. The van der Waals surface area contributed by atoms with Crippen molar-refractivity contribution in [1.82, 2.24) is 15.0 Å². The summed E-state index contributed by atoms with van der Waals surface area (Å²) in [6.07, 6.45) is 1.76. The lowest BCUT2D eigenvalue weighted by Crippen LogP contribution is -2.03. The minimum Gasteiger partial charge on any atom is -0.493 e. The molecular weight excluding hydrogens is 256 g/mol. The highest BCUT2D eigenvalue weighted by Gasteiger charge is 2.15. The van der Waals surface area contributed by atoms with Crippen LogP contribution in [-0.2, 0) is 13.1 Å². The molecule has 0 radical (unpaired) electrons. The second-order valence-electron chi connectivity index (χ2n) is 4.13. The summed E-state index contributed by atoms with van der Waals surface area (Å²) in [6.45, 7) is 4.61. The van der Waals surface area contributed by atoms with E-state index >= 15 is 0 Å². The molecule has 0 aliphatic heterocycles. The number of hydrogen-bond acceptors (Lipinski definition) is 5. The summed E-state index contributed by atoms with van der Waals surface area (Å²) in [5.41, 5.74) is 8.26. The van der Waals surface area contributed by atoms with Crippen LogP contribution < -0.4 is 15.2 Å². The molecule has 2 N–H and O–H groups in total. The number of ether oxygens (including phenoxy) is 2. The molecular formula is C14H18N4O2. The molecule has 0 aliphatic rings. The van der Waals surface area contributed by atoms with Crippen molar-refractivity contribution in [3.8, 4) is 22.8 Å². The SMILES string of the molecule is C=CCn1nnc(CN)c1-c1ccc(OC)c(OC)c1. The van der Waals surface area contributed by atoms with E-state index in [0.717, 1.165) is 17.0 Å². The zero-order chi connectivity index (χ0) is 14.5. The van der Waals surface area contributed by atoms with Crippen LogP contribution in [-0.4, -0.2) is 29.2 Å². The van der Waals surface area contributed by atoms with Crippen LogP contribution in [0.15, 0.2) is 30.9 Å². The fourth-order valence-electron chi connectivity index (χ4n) is 2.04. The number of hydrogen-bond donors (Lipinski definition) is 1. The Bertz CT molecular complexity index is 607. The monoisotopic (exact) mass is 274 g/mol. The predicted octanol–water partition coefficient (Wildman–Crippen LogP) is 1.61. The molecule has 2 rings (SSSR count). The number of aromatic nitrogens is 3. The third-order valence-electron chi connectivity index (χ3n) is 2.96. The van der Waals surface area contributed by atoms with Crippen LogP contribution in [0.3, 0.4) is 0 Å². The van der Waals surface area contributed by atoms with E-state index in [1.165, 1.54) is 0 Å². The van der Waals surface area contributed by atoms with E-state index in [9.17, 15) is 0 Å². The second-order valence-corrected chi connectivity index (χ2v) is 4.13. The van der Waals surface area contributed by atoms with Crippen LogP contribution >= 0.6 is 0 Å².